The highest BCUT2D eigenvalue weighted by atomic mass is 16.4. The van der Waals surface area contributed by atoms with E-state index in [9.17, 15) is 4.79 Å². The van der Waals surface area contributed by atoms with Crippen LogP contribution in [0.2, 0.25) is 0 Å². The molecule has 1 amide bonds. The maximum Gasteiger partial charge on any atom is 0.229 e. The first-order chi connectivity index (χ1) is 13.7. The van der Waals surface area contributed by atoms with Gasteiger partial charge < -0.3 is 13.9 Å². The summed E-state index contributed by atoms with van der Waals surface area (Å²) in [6.45, 7) is 3.80. The fourth-order valence-corrected chi connectivity index (χ4v) is 3.46. The number of aryl methyl sites for hydroxylation is 1. The topological polar surface area (TPSA) is 89.9 Å². The number of fused-ring (bicyclic) bond motifs is 2. The molecule has 4 aromatic heterocycles. The van der Waals surface area contributed by atoms with Crippen molar-refractivity contribution in [2.75, 3.05) is 6.54 Å². The van der Waals surface area contributed by atoms with E-state index in [1.807, 2.05) is 23.2 Å². The van der Waals surface area contributed by atoms with Gasteiger partial charge in [0.15, 0.2) is 11.7 Å². The van der Waals surface area contributed by atoms with E-state index >= 15 is 0 Å². The van der Waals surface area contributed by atoms with Crippen molar-refractivity contribution in [3.05, 3.63) is 60.5 Å². The Bertz CT molecular complexity index is 1180. The van der Waals surface area contributed by atoms with Crippen LogP contribution in [0.1, 0.15) is 17.4 Å². The highest BCUT2D eigenvalue weighted by molar-refractivity contribution is 5.84. The van der Waals surface area contributed by atoms with E-state index in [1.54, 1.807) is 31.7 Å². The normalized spacial score (nSPS) is 13.7. The van der Waals surface area contributed by atoms with Crippen LogP contribution >= 0.6 is 0 Å². The Hall–Kier alpha value is -3.55. The van der Waals surface area contributed by atoms with Crippen LogP contribution in [0.5, 0.6) is 0 Å². The summed E-state index contributed by atoms with van der Waals surface area (Å²) in [5, 5.41) is 0.915. The Kier molecular flexibility index (Phi) is 3.89. The third kappa shape index (κ3) is 3.02. The Balaban J connectivity index is 1.38. The number of hydrogen-bond donors (Lipinski definition) is 0. The van der Waals surface area contributed by atoms with Crippen molar-refractivity contribution in [2.24, 2.45) is 0 Å². The number of amides is 1. The summed E-state index contributed by atoms with van der Waals surface area (Å²) in [6.07, 6.45) is 9.10. The second kappa shape index (κ2) is 6.56. The molecule has 0 saturated carbocycles. The number of pyridine rings is 2. The smallest absolute Gasteiger partial charge is 0.229 e. The van der Waals surface area contributed by atoms with E-state index in [4.69, 9.17) is 4.42 Å². The lowest BCUT2D eigenvalue weighted by atomic mass is 10.1. The standard InChI is InChI=1S/C20H18N6O2/c1-13-22-11-18(28-13)15-6-14-7-16(23-10-17(14)24-9-15)8-20(27)26-5-4-25-3-2-21-19(25)12-26/h2-3,6-7,9-11H,4-5,8,12H2,1H3. The van der Waals surface area contributed by atoms with E-state index in [2.05, 4.69) is 24.5 Å². The van der Waals surface area contributed by atoms with Crippen molar-refractivity contribution in [2.45, 2.75) is 26.4 Å². The van der Waals surface area contributed by atoms with Crippen molar-refractivity contribution in [1.82, 2.24) is 29.4 Å². The largest absolute Gasteiger partial charge is 0.441 e. The first-order valence-electron chi connectivity index (χ1n) is 9.11. The molecule has 0 unspecified atom stereocenters. The number of rotatable bonds is 3. The van der Waals surface area contributed by atoms with Gasteiger partial charge in [-0.3, -0.25) is 14.8 Å². The summed E-state index contributed by atoms with van der Waals surface area (Å²) in [6, 6.07) is 3.90. The van der Waals surface area contributed by atoms with Gasteiger partial charge in [-0.15, -0.1) is 0 Å². The Labute approximate surface area is 160 Å². The maximum atomic E-state index is 12.7. The summed E-state index contributed by atoms with van der Waals surface area (Å²) >= 11 is 0. The van der Waals surface area contributed by atoms with Crippen LogP contribution in [0.25, 0.3) is 22.2 Å². The highest BCUT2D eigenvalue weighted by Crippen LogP contribution is 2.23. The first-order valence-corrected chi connectivity index (χ1v) is 9.11. The van der Waals surface area contributed by atoms with Crippen molar-refractivity contribution in [1.29, 1.82) is 0 Å². The van der Waals surface area contributed by atoms with Gasteiger partial charge >= 0.3 is 0 Å². The summed E-state index contributed by atoms with van der Waals surface area (Å²) in [4.78, 5) is 31.9. The van der Waals surface area contributed by atoms with E-state index in [0.29, 0.717) is 24.7 Å². The second-order valence-electron chi connectivity index (χ2n) is 6.86. The zero-order valence-electron chi connectivity index (χ0n) is 15.4. The molecule has 0 atom stereocenters. The van der Waals surface area contributed by atoms with Gasteiger partial charge in [-0.2, -0.15) is 0 Å². The maximum absolute atomic E-state index is 12.7. The number of carbonyl (C=O) groups excluding carboxylic acids is 1. The van der Waals surface area contributed by atoms with Crippen molar-refractivity contribution in [3.8, 4) is 11.3 Å². The molecular formula is C20H18N6O2. The van der Waals surface area contributed by atoms with Crippen LogP contribution in [0.15, 0.2) is 47.5 Å². The molecule has 0 radical (unpaired) electrons. The molecule has 0 aromatic carbocycles. The van der Waals surface area contributed by atoms with Crippen LogP contribution in [0.3, 0.4) is 0 Å². The number of hydrogen-bond acceptors (Lipinski definition) is 6. The number of nitrogens with zero attached hydrogens (tertiary/aromatic N) is 6. The molecule has 8 nitrogen and oxygen atoms in total. The van der Waals surface area contributed by atoms with Crippen molar-refractivity contribution < 1.29 is 9.21 Å². The molecular weight excluding hydrogens is 356 g/mol. The van der Waals surface area contributed by atoms with Gasteiger partial charge in [0.05, 0.1) is 36.6 Å². The first kappa shape index (κ1) is 16.6. The molecule has 0 N–H and O–H groups in total. The minimum Gasteiger partial charge on any atom is -0.441 e. The second-order valence-corrected chi connectivity index (χ2v) is 6.86. The number of imidazole rings is 1. The zero-order chi connectivity index (χ0) is 19.1. The summed E-state index contributed by atoms with van der Waals surface area (Å²) < 4.78 is 7.66. The summed E-state index contributed by atoms with van der Waals surface area (Å²) in [7, 11) is 0. The lowest BCUT2D eigenvalue weighted by Crippen LogP contribution is -2.39. The molecule has 0 spiro atoms. The fourth-order valence-electron chi connectivity index (χ4n) is 3.46. The van der Waals surface area contributed by atoms with Gasteiger partial charge in [0.1, 0.15) is 5.82 Å². The Morgan fingerprint density at radius 2 is 2.04 bits per heavy atom. The van der Waals surface area contributed by atoms with Crippen LogP contribution in [0.4, 0.5) is 0 Å². The monoisotopic (exact) mass is 374 g/mol. The van der Waals surface area contributed by atoms with E-state index < -0.39 is 0 Å². The number of aromatic nitrogens is 5. The van der Waals surface area contributed by atoms with Gasteiger partial charge in [0.25, 0.3) is 0 Å². The van der Waals surface area contributed by atoms with Crippen LogP contribution < -0.4 is 0 Å². The third-order valence-electron chi connectivity index (χ3n) is 4.96. The number of oxazole rings is 1. The number of carbonyl (C=O) groups is 1. The quantitative estimate of drug-likeness (QED) is 0.547. The minimum atomic E-state index is 0.0519. The predicted octanol–water partition coefficient (Wildman–Crippen LogP) is 2.37. The van der Waals surface area contributed by atoms with Crippen LogP contribution in [0, 0.1) is 6.92 Å². The average molecular weight is 374 g/mol. The van der Waals surface area contributed by atoms with E-state index in [1.165, 1.54) is 0 Å². The predicted molar refractivity (Wildman–Crippen MR) is 101 cm³/mol. The van der Waals surface area contributed by atoms with Crippen LogP contribution in [-0.2, 0) is 24.3 Å². The van der Waals surface area contributed by atoms with Gasteiger partial charge in [0, 0.05) is 49.6 Å². The third-order valence-corrected chi connectivity index (χ3v) is 4.96. The van der Waals surface area contributed by atoms with Crippen molar-refractivity contribution >= 4 is 16.8 Å². The highest BCUT2D eigenvalue weighted by Gasteiger charge is 2.21. The average Bonchev–Trinajstić information content (AvgIpc) is 3.35. The van der Waals surface area contributed by atoms with Gasteiger partial charge in [0.2, 0.25) is 5.91 Å². The van der Waals surface area contributed by atoms with Crippen molar-refractivity contribution in [3.63, 3.8) is 0 Å². The van der Waals surface area contributed by atoms with Gasteiger partial charge in [-0.05, 0) is 12.1 Å². The molecule has 5 rings (SSSR count). The van der Waals surface area contributed by atoms with Gasteiger partial charge in [-0.25, -0.2) is 9.97 Å². The van der Waals surface area contributed by atoms with Gasteiger partial charge in [-0.1, -0.05) is 0 Å². The molecule has 1 aliphatic rings. The summed E-state index contributed by atoms with van der Waals surface area (Å²) in [5.74, 6) is 2.25. The molecule has 140 valence electrons. The lowest BCUT2D eigenvalue weighted by Gasteiger charge is -2.27. The molecule has 28 heavy (non-hydrogen) atoms. The summed E-state index contributed by atoms with van der Waals surface area (Å²) in [5.41, 5.74) is 2.34. The Morgan fingerprint density at radius 3 is 2.89 bits per heavy atom. The SMILES string of the molecule is Cc1ncc(-c2cnc3cnc(CC(=O)N4CCn5ccnc5C4)cc3c2)o1. The molecule has 0 bridgehead atoms. The molecule has 5 heterocycles. The van der Waals surface area contributed by atoms with E-state index in [-0.39, 0.29) is 12.3 Å². The molecule has 0 fully saturated rings. The molecule has 8 heteroatoms. The van der Waals surface area contributed by atoms with E-state index in [0.717, 1.165) is 34.5 Å². The van der Waals surface area contributed by atoms with Crippen LogP contribution in [-0.4, -0.2) is 41.9 Å². The Morgan fingerprint density at radius 1 is 1.11 bits per heavy atom. The zero-order valence-corrected chi connectivity index (χ0v) is 15.4. The molecule has 0 saturated heterocycles. The molecule has 0 aliphatic carbocycles. The molecule has 4 aromatic rings. The molecule has 1 aliphatic heterocycles. The lowest BCUT2D eigenvalue weighted by molar-refractivity contribution is -0.132. The minimum absolute atomic E-state index is 0.0519. The fraction of sp³-hybridized carbons (Fsp3) is 0.250.